The highest BCUT2D eigenvalue weighted by atomic mass is 16.3. The minimum absolute atomic E-state index is 0.112. The summed E-state index contributed by atoms with van der Waals surface area (Å²) in [7, 11) is 0. The number of rotatable bonds is 7. The standard InChI is InChI=1S/C17H22N2O4/c1-3-7-18-16(22)12-6-4-5-11(8-12)14(21)9-13-15(10(2)20)17(23)19-13/h4-6,8,10,13,15,20H,3,7,9H2,1-2H3,(H,18,22)(H,19,23)/t10-,13-,15-/m1/s1. The minimum atomic E-state index is -0.785. The molecule has 3 atom stereocenters. The predicted octanol–water partition coefficient (Wildman–Crippen LogP) is 0.895. The van der Waals surface area contributed by atoms with E-state index >= 15 is 0 Å². The first-order valence-electron chi connectivity index (χ1n) is 7.84. The Kier molecular flexibility index (Phi) is 5.50. The number of benzene rings is 1. The molecule has 23 heavy (non-hydrogen) atoms. The number of aliphatic hydroxyl groups is 1. The van der Waals surface area contributed by atoms with Gasteiger partial charge < -0.3 is 15.7 Å². The van der Waals surface area contributed by atoms with Crippen LogP contribution in [0.5, 0.6) is 0 Å². The molecule has 1 saturated heterocycles. The molecular weight excluding hydrogens is 296 g/mol. The Balaban J connectivity index is 2.03. The number of hydrogen-bond acceptors (Lipinski definition) is 4. The molecule has 0 radical (unpaired) electrons. The number of ketones is 1. The van der Waals surface area contributed by atoms with E-state index < -0.39 is 12.0 Å². The fraction of sp³-hybridized carbons (Fsp3) is 0.471. The van der Waals surface area contributed by atoms with Crippen molar-refractivity contribution in [3.8, 4) is 0 Å². The second kappa shape index (κ2) is 7.37. The summed E-state index contributed by atoms with van der Waals surface area (Å²) in [5.41, 5.74) is 0.869. The first kappa shape index (κ1) is 17.1. The van der Waals surface area contributed by atoms with Crippen molar-refractivity contribution in [3.63, 3.8) is 0 Å². The summed E-state index contributed by atoms with van der Waals surface area (Å²) in [5, 5.41) is 15.0. The van der Waals surface area contributed by atoms with Gasteiger partial charge in [0.2, 0.25) is 5.91 Å². The molecule has 0 aliphatic carbocycles. The molecule has 1 aliphatic heterocycles. The van der Waals surface area contributed by atoms with Gasteiger partial charge >= 0.3 is 0 Å². The molecule has 3 N–H and O–H groups in total. The van der Waals surface area contributed by atoms with Crippen LogP contribution in [0.25, 0.3) is 0 Å². The number of β-lactam (4-membered cyclic amide) rings is 1. The van der Waals surface area contributed by atoms with Gasteiger partial charge in [0.15, 0.2) is 5.78 Å². The Bertz CT molecular complexity index is 612. The maximum atomic E-state index is 12.3. The molecule has 0 bridgehead atoms. The summed E-state index contributed by atoms with van der Waals surface area (Å²) >= 11 is 0. The Hall–Kier alpha value is -2.21. The molecule has 1 aliphatic rings. The van der Waals surface area contributed by atoms with Crippen LogP contribution in [0.15, 0.2) is 24.3 Å². The van der Waals surface area contributed by atoms with E-state index in [1.165, 1.54) is 0 Å². The highest BCUT2D eigenvalue weighted by molar-refractivity contribution is 6.01. The Labute approximate surface area is 135 Å². The zero-order valence-corrected chi connectivity index (χ0v) is 13.3. The largest absolute Gasteiger partial charge is 0.393 e. The molecule has 124 valence electrons. The van der Waals surface area contributed by atoms with Crippen LogP contribution in [0.2, 0.25) is 0 Å². The van der Waals surface area contributed by atoms with E-state index in [0.29, 0.717) is 17.7 Å². The Morgan fingerprint density at radius 3 is 2.65 bits per heavy atom. The molecule has 0 saturated carbocycles. The zero-order chi connectivity index (χ0) is 17.0. The van der Waals surface area contributed by atoms with Gasteiger partial charge in [-0.05, 0) is 25.5 Å². The van der Waals surface area contributed by atoms with Crippen molar-refractivity contribution in [2.45, 2.75) is 38.8 Å². The molecular formula is C17H22N2O4. The van der Waals surface area contributed by atoms with Crippen molar-refractivity contribution < 1.29 is 19.5 Å². The number of carbonyl (C=O) groups excluding carboxylic acids is 3. The van der Waals surface area contributed by atoms with Gasteiger partial charge in [-0.25, -0.2) is 0 Å². The van der Waals surface area contributed by atoms with Crippen LogP contribution in [0.4, 0.5) is 0 Å². The molecule has 0 aromatic heterocycles. The lowest BCUT2D eigenvalue weighted by molar-refractivity contribution is -0.140. The van der Waals surface area contributed by atoms with E-state index in [1.807, 2.05) is 6.92 Å². The van der Waals surface area contributed by atoms with Gasteiger partial charge in [0, 0.05) is 24.1 Å². The quantitative estimate of drug-likeness (QED) is 0.514. The van der Waals surface area contributed by atoms with Crippen molar-refractivity contribution in [1.82, 2.24) is 10.6 Å². The number of aliphatic hydroxyl groups excluding tert-OH is 1. The molecule has 1 aromatic rings. The monoisotopic (exact) mass is 318 g/mol. The van der Waals surface area contributed by atoms with Crippen LogP contribution in [-0.2, 0) is 4.79 Å². The van der Waals surface area contributed by atoms with Gasteiger partial charge in [-0.3, -0.25) is 14.4 Å². The topological polar surface area (TPSA) is 95.5 Å². The van der Waals surface area contributed by atoms with E-state index in [4.69, 9.17) is 0 Å². The lowest BCUT2D eigenvalue weighted by Crippen LogP contribution is -2.62. The van der Waals surface area contributed by atoms with Gasteiger partial charge in [0.05, 0.1) is 18.1 Å². The highest BCUT2D eigenvalue weighted by Crippen LogP contribution is 2.23. The van der Waals surface area contributed by atoms with Crippen LogP contribution in [-0.4, -0.2) is 41.4 Å². The SMILES string of the molecule is CCCNC(=O)c1cccc(C(=O)C[C@H]2NC(=O)[C@@H]2[C@@H](C)O)c1. The maximum Gasteiger partial charge on any atom is 0.251 e. The van der Waals surface area contributed by atoms with E-state index in [-0.39, 0.29) is 30.1 Å². The highest BCUT2D eigenvalue weighted by Gasteiger charge is 2.43. The van der Waals surface area contributed by atoms with Gasteiger partial charge in [-0.15, -0.1) is 0 Å². The molecule has 0 spiro atoms. The van der Waals surface area contributed by atoms with Crippen LogP contribution in [0, 0.1) is 5.92 Å². The average Bonchev–Trinajstić information content (AvgIpc) is 2.51. The molecule has 2 amide bonds. The van der Waals surface area contributed by atoms with Crippen LogP contribution in [0.3, 0.4) is 0 Å². The zero-order valence-electron chi connectivity index (χ0n) is 13.3. The third kappa shape index (κ3) is 3.96. The summed E-state index contributed by atoms with van der Waals surface area (Å²) in [6.07, 6.45) is 0.168. The molecule has 6 heteroatoms. The van der Waals surface area contributed by atoms with Crippen LogP contribution < -0.4 is 10.6 Å². The van der Waals surface area contributed by atoms with Gasteiger partial charge in [-0.1, -0.05) is 19.1 Å². The molecule has 2 rings (SSSR count). The maximum absolute atomic E-state index is 12.3. The molecule has 6 nitrogen and oxygen atoms in total. The summed E-state index contributed by atoms with van der Waals surface area (Å²) in [6.45, 7) is 4.09. The van der Waals surface area contributed by atoms with Gasteiger partial charge in [0.25, 0.3) is 5.91 Å². The number of Topliss-reactive ketones (excluding diaryl/α,β-unsaturated/α-hetero) is 1. The second-order valence-corrected chi connectivity index (χ2v) is 5.85. The summed E-state index contributed by atoms with van der Waals surface area (Å²) < 4.78 is 0. The molecule has 1 heterocycles. The fourth-order valence-electron chi connectivity index (χ4n) is 2.68. The number of nitrogens with one attached hydrogen (secondary N) is 2. The van der Waals surface area contributed by atoms with E-state index in [9.17, 15) is 19.5 Å². The third-order valence-electron chi connectivity index (χ3n) is 3.97. The normalized spacial score (nSPS) is 21.1. The summed E-state index contributed by atoms with van der Waals surface area (Å²) in [4.78, 5) is 35.7. The Morgan fingerprint density at radius 2 is 2.04 bits per heavy atom. The molecule has 0 unspecified atom stereocenters. The van der Waals surface area contributed by atoms with Crippen molar-refractivity contribution in [2.24, 2.45) is 5.92 Å². The van der Waals surface area contributed by atoms with Crippen molar-refractivity contribution in [1.29, 1.82) is 0 Å². The van der Waals surface area contributed by atoms with Gasteiger partial charge in [-0.2, -0.15) is 0 Å². The molecule has 1 fully saturated rings. The average molecular weight is 318 g/mol. The second-order valence-electron chi connectivity index (χ2n) is 5.85. The lowest BCUT2D eigenvalue weighted by Gasteiger charge is -2.38. The smallest absolute Gasteiger partial charge is 0.251 e. The van der Waals surface area contributed by atoms with Crippen molar-refractivity contribution in [3.05, 3.63) is 35.4 Å². The van der Waals surface area contributed by atoms with E-state index in [1.54, 1.807) is 31.2 Å². The summed E-state index contributed by atoms with van der Waals surface area (Å²) in [6, 6.07) is 6.18. The first-order chi connectivity index (χ1) is 10.9. The fourth-order valence-corrected chi connectivity index (χ4v) is 2.68. The number of carbonyl (C=O) groups is 3. The van der Waals surface area contributed by atoms with Crippen LogP contribution >= 0.6 is 0 Å². The lowest BCUT2D eigenvalue weighted by atomic mass is 9.82. The minimum Gasteiger partial charge on any atom is -0.393 e. The third-order valence-corrected chi connectivity index (χ3v) is 3.97. The first-order valence-corrected chi connectivity index (χ1v) is 7.84. The number of amides is 2. The van der Waals surface area contributed by atoms with E-state index in [0.717, 1.165) is 6.42 Å². The van der Waals surface area contributed by atoms with Crippen molar-refractivity contribution in [2.75, 3.05) is 6.54 Å². The van der Waals surface area contributed by atoms with Gasteiger partial charge in [0.1, 0.15) is 0 Å². The van der Waals surface area contributed by atoms with Crippen molar-refractivity contribution >= 4 is 17.6 Å². The summed E-state index contributed by atoms with van der Waals surface area (Å²) in [5.74, 6) is -1.15. The van der Waals surface area contributed by atoms with Crippen LogP contribution in [0.1, 0.15) is 47.4 Å². The predicted molar refractivity (Wildman–Crippen MR) is 85.1 cm³/mol. The number of hydrogen-bond donors (Lipinski definition) is 3. The molecule has 1 aromatic carbocycles. The van der Waals surface area contributed by atoms with E-state index in [2.05, 4.69) is 10.6 Å². The Morgan fingerprint density at radius 1 is 1.35 bits per heavy atom.